The van der Waals surface area contributed by atoms with Crippen molar-refractivity contribution >= 4 is 17.5 Å². The van der Waals surface area contributed by atoms with E-state index in [9.17, 15) is 19.8 Å². The summed E-state index contributed by atoms with van der Waals surface area (Å²) in [6.07, 6.45) is 5.14. The normalized spacial score (nSPS) is 16.2. The number of fused-ring (bicyclic) bond motifs is 1. The van der Waals surface area contributed by atoms with Gasteiger partial charge >= 0.3 is 11.9 Å². The number of nitrogens with zero attached hydrogens (tertiary/aromatic N) is 2. The molecule has 2 aromatic rings. The monoisotopic (exact) mass is 288 g/mol. The van der Waals surface area contributed by atoms with Crippen molar-refractivity contribution in [1.29, 1.82) is 0 Å². The molecular formula is C15H16N2O4. The van der Waals surface area contributed by atoms with Gasteiger partial charge in [0.15, 0.2) is 5.69 Å². The number of hydrogen-bond acceptors (Lipinski definition) is 3. The van der Waals surface area contributed by atoms with E-state index in [1.807, 2.05) is 0 Å². The third kappa shape index (κ3) is 2.26. The third-order valence-corrected chi connectivity index (χ3v) is 4.08. The van der Waals surface area contributed by atoms with Crippen molar-refractivity contribution in [3.05, 3.63) is 35.4 Å². The summed E-state index contributed by atoms with van der Waals surface area (Å²) in [6, 6.07) is 4.64. The number of pyridine rings is 1. The quantitative estimate of drug-likeness (QED) is 0.906. The molecule has 1 fully saturated rings. The first-order valence-corrected chi connectivity index (χ1v) is 7.07. The Labute approximate surface area is 121 Å². The van der Waals surface area contributed by atoms with Gasteiger partial charge in [-0.1, -0.05) is 25.3 Å². The number of rotatable bonds is 3. The van der Waals surface area contributed by atoms with Gasteiger partial charge in [-0.25, -0.2) is 14.6 Å². The van der Waals surface area contributed by atoms with Crippen molar-refractivity contribution in [3.8, 4) is 0 Å². The molecule has 0 aromatic carbocycles. The Hall–Kier alpha value is -2.37. The lowest BCUT2D eigenvalue weighted by Gasteiger charge is -2.20. The van der Waals surface area contributed by atoms with Crippen molar-refractivity contribution in [1.82, 2.24) is 9.38 Å². The van der Waals surface area contributed by atoms with Crippen molar-refractivity contribution in [2.45, 2.75) is 38.0 Å². The molecule has 1 saturated carbocycles. The SMILES string of the molecule is O=C(O)c1nc(C2CCCCC2)n2c(C(=O)O)cccc12. The van der Waals surface area contributed by atoms with E-state index in [2.05, 4.69) is 4.98 Å². The van der Waals surface area contributed by atoms with Gasteiger partial charge in [0.2, 0.25) is 0 Å². The summed E-state index contributed by atoms with van der Waals surface area (Å²) in [5.74, 6) is -1.51. The second kappa shape index (κ2) is 5.20. The Kier molecular flexibility index (Phi) is 3.37. The highest BCUT2D eigenvalue weighted by Gasteiger charge is 2.26. The maximum Gasteiger partial charge on any atom is 0.356 e. The summed E-state index contributed by atoms with van der Waals surface area (Å²) >= 11 is 0. The van der Waals surface area contributed by atoms with Crippen LogP contribution in [0.4, 0.5) is 0 Å². The lowest BCUT2D eigenvalue weighted by molar-refractivity contribution is 0.0678. The smallest absolute Gasteiger partial charge is 0.356 e. The van der Waals surface area contributed by atoms with E-state index < -0.39 is 11.9 Å². The maximum absolute atomic E-state index is 11.4. The molecule has 3 rings (SSSR count). The minimum absolute atomic E-state index is 0.0630. The molecule has 0 amide bonds. The zero-order chi connectivity index (χ0) is 15.0. The molecule has 1 aliphatic carbocycles. The fourth-order valence-corrected chi connectivity index (χ4v) is 3.12. The van der Waals surface area contributed by atoms with Gasteiger partial charge in [-0.05, 0) is 25.0 Å². The summed E-state index contributed by atoms with van der Waals surface area (Å²) < 4.78 is 1.50. The first-order chi connectivity index (χ1) is 10.1. The molecule has 2 heterocycles. The van der Waals surface area contributed by atoms with E-state index in [0.29, 0.717) is 11.3 Å². The van der Waals surface area contributed by atoms with Crippen LogP contribution in [0.5, 0.6) is 0 Å². The number of aromatic carboxylic acids is 2. The van der Waals surface area contributed by atoms with Crippen LogP contribution in [0.25, 0.3) is 5.52 Å². The summed E-state index contributed by atoms with van der Waals surface area (Å²) in [5.41, 5.74) is 0.342. The summed E-state index contributed by atoms with van der Waals surface area (Å²) in [4.78, 5) is 27.1. The topological polar surface area (TPSA) is 91.9 Å². The van der Waals surface area contributed by atoms with Crippen LogP contribution in [-0.4, -0.2) is 31.5 Å². The molecule has 0 saturated heterocycles. The van der Waals surface area contributed by atoms with Crippen molar-refractivity contribution in [3.63, 3.8) is 0 Å². The molecule has 0 spiro atoms. The summed E-state index contributed by atoms with van der Waals surface area (Å²) in [6.45, 7) is 0. The fourth-order valence-electron chi connectivity index (χ4n) is 3.12. The van der Waals surface area contributed by atoms with Gasteiger partial charge in [0.25, 0.3) is 0 Å². The first-order valence-electron chi connectivity index (χ1n) is 7.07. The molecule has 2 aromatic heterocycles. The van der Waals surface area contributed by atoms with E-state index in [-0.39, 0.29) is 17.3 Å². The van der Waals surface area contributed by atoms with E-state index >= 15 is 0 Å². The largest absolute Gasteiger partial charge is 0.477 e. The molecule has 6 heteroatoms. The highest BCUT2D eigenvalue weighted by Crippen LogP contribution is 2.33. The predicted octanol–water partition coefficient (Wildman–Crippen LogP) is 2.78. The molecule has 1 aliphatic rings. The molecule has 0 radical (unpaired) electrons. The zero-order valence-electron chi connectivity index (χ0n) is 11.5. The minimum Gasteiger partial charge on any atom is -0.477 e. The van der Waals surface area contributed by atoms with Gasteiger partial charge in [-0.2, -0.15) is 0 Å². The van der Waals surface area contributed by atoms with Crippen molar-refractivity contribution < 1.29 is 19.8 Å². The average Bonchev–Trinajstić information content (AvgIpc) is 2.87. The fraction of sp³-hybridized carbons (Fsp3) is 0.400. The summed E-state index contributed by atoms with van der Waals surface area (Å²) in [5, 5.41) is 18.7. The molecule has 0 aliphatic heterocycles. The molecule has 0 bridgehead atoms. The van der Waals surface area contributed by atoms with Crippen LogP contribution in [0.3, 0.4) is 0 Å². The molecule has 0 atom stereocenters. The second-order valence-electron chi connectivity index (χ2n) is 5.40. The minimum atomic E-state index is -1.13. The second-order valence-corrected chi connectivity index (χ2v) is 5.40. The Morgan fingerprint density at radius 2 is 1.81 bits per heavy atom. The van der Waals surface area contributed by atoms with Gasteiger partial charge in [0, 0.05) is 5.92 Å². The first kappa shape index (κ1) is 13.6. The van der Waals surface area contributed by atoms with E-state index in [0.717, 1.165) is 32.1 Å². The predicted molar refractivity (Wildman–Crippen MR) is 74.9 cm³/mol. The Morgan fingerprint density at radius 1 is 1.10 bits per heavy atom. The van der Waals surface area contributed by atoms with E-state index in [1.54, 1.807) is 12.1 Å². The molecule has 6 nitrogen and oxygen atoms in total. The zero-order valence-corrected chi connectivity index (χ0v) is 11.5. The van der Waals surface area contributed by atoms with Crippen LogP contribution >= 0.6 is 0 Å². The van der Waals surface area contributed by atoms with Gasteiger partial charge in [-0.3, -0.25) is 4.40 Å². The van der Waals surface area contributed by atoms with E-state index in [4.69, 9.17) is 0 Å². The highest BCUT2D eigenvalue weighted by molar-refractivity contribution is 5.95. The molecule has 110 valence electrons. The number of hydrogen-bond donors (Lipinski definition) is 2. The average molecular weight is 288 g/mol. The Morgan fingerprint density at radius 3 is 2.43 bits per heavy atom. The molecule has 0 unspecified atom stereocenters. The van der Waals surface area contributed by atoms with Gasteiger partial charge in [-0.15, -0.1) is 0 Å². The lowest BCUT2D eigenvalue weighted by atomic mass is 9.88. The number of carboxylic acids is 2. The highest BCUT2D eigenvalue weighted by atomic mass is 16.4. The molecular weight excluding hydrogens is 272 g/mol. The summed E-state index contributed by atoms with van der Waals surface area (Å²) in [7, 11) is 0. The third-order valence-electron chi connectivity index (χ3n) is 4.08. The van der Waals surface area contributed by atoms with Crippen molar-refractivity contribution in [2.75, 3.05) is 0 Å². The Bertz CT molecular complexity index is 714. The van der Waals surface area contributed by atoms with Crippen LogP contribution in [0.15, 0.2) is 18.2 Å². The number of aromatic nitrogens is 2. The van der Waals surface area contributed by atoms with Gasteiger partial charge in [0.1, 0.15) is 11.5 Å². The number of imidazole rings is 1. The Balaban J connectivity index is 2.26. The van der Waals surface area contributed by atoms with Gasteiger partial charge in [0.05, 0.1) is 5.52 Å². The maximum atomic E-state index is 11.4. The van der Waals surface area contributed by atoms with Crippen LogP contribution in [0, 0.1) is 0 Å². The van der Waals surface area contributed by atoms with Gasteiger partial charge < -0.3 is 10.2 Å². The lowest BCUT2D eigenvalue weighted by Crippen LogP contribution is -2.13. The van der Waals surface area contributed by atoms with Crippen LogP contribution in [0.2, 0.25) is 0 Å². The van der Waals surface area contributed by atoms with Crippen LogP contribution in [0.1, 0.15) is 64.8 Å². The number of carbonyl (C=O) groups is 2. The van der Waals surface area contributed by atoms with Crippen molar-refractivity contribution in [2.24, 2.45) is 0 Å². The molecule has 2 N–H and O–H groups in total. The van der Waals surface area contributed by atoms with Crippen LogP contribution in [-0.2, 0) is 0 Å². The van der Waals surface area contributed by atoms with Crippen LogP contribution < -0.4 is 0 Å². The molecule has 21 heavy (non-hydrogen) atoms. The number of carboxylic acid groups (broad SMARTS) is 2. The van der Waals surface area contributed by atoms with E-state index in [1.165, 1.54) is 10.5 Å². The standard InChI is InChI=1S/C15H16N2O4/c18-14(19)11-8-4-7-10-12(15(20)21)16-13(17(10)11)9-5-2-1-3-6-9/h4,7-9H,1-3,5-6H2,(H,18,19)(H,20,21).